The zero-order chi connectivity index (χ0) is 31.9. The molecule has 0 bridgehead atoms. The first-order chi connectivity index (χ1) is 23.7. The molecule has 0 saturated heterocycles. The molecule has 0 unspecified atom stereocenters. The van der Waals surface area contributed by atoms with Crippen LogP contribution in [0.3, 0.4) is 0 Å². The van der Waals surface area contributed by atoms with Crippen LogP contribution >= 0.6 is 0 Å². The van der Waals surface area contributed by atoms with Crippen molar-refractivity contribution in [3.63, 3.8) is 0 Å². The number of hydrogen-bond acceptors (Lipinski definition) is 2. The van der Waals surface area contributed by atoms with Gasteiger partial charge < -0.3 is 0 Å². The van der Waals surface area contributed by atoms with Gasteiger partial charge in [-0.3, -0.25) is 18.7 Å². The van der Waals surface area contributed by atoms with E-state index >= 15 is 0 Å². The van der Waals surface area contributed by atoms with E-state index in [2.05, 4.69) is 72.8 Å². The third kappa shape index (κ3) is 3.65. The Hall–Kier alpha value is -6.52. The molecule has 2 aromatic heterocycles. The second-order valence-electron chi connectivity index (χ2n) is 12.4. The van der Waals surface area contributed by atoms with Crippen LogP contribution in [0.15, 0.2) is 167 Å². The van der Waals surface area contributed by atoms with Gasteiger partial charge in [0, 0.05) is 32.9 Å². The second kappa shape index (κ2) is 9.99. The highest BCUT2D eigenvalue weighted by Gasteiger charge is 2.17. The molecule has 0 N–H and O–H groups in total. The Morgan fingerprint density at radius 2 is 0.562 bits per heavy atom. The number of hydrogen-bond donors (Lipinski definition) is 0. The molecule has 0 atom stereocenters. The number of nitrogens with zero attached hydrogens (tertiary/aromatic N) is 2. The molecule has 4 heteroatoms. The average Bonchev–Trinajstić information content (AvgIpc) is 3.15. The van der Waals surface area contributed by atoms with Crippen molar-refractivity contribution in [3.05, 3.63) is 178 Å². The Kier molecular flexibility index (Phi) is 5.55. The molecule has 48 heavy (non-hydrogen) atoms. The summed E-state index contributed by atoms with van der Waals surface area (Å²) in [5.74, 6) is 0. The molecule has 10 aromatic rings. The first kappa shape index (κ1) is 26.7. The van der Waals surface area contributed by atoms with Crippen molar-refractivity contribution in [1.29, 1.82) is 0 Å². The van der Waals surface area contributed by atoms with E-state index in [1.54, 1.807) is 0 Å². The van der Waals surface area contributed by atoms with Crippen molar-refractivity contribution in [1.82, 2.24) is 9.13 Å². The molecule has 224 valence electrons. The fourth-order valence-corrected chi connectivity index (χ4v) is 7.79. The van der Waals surface area contributed by atoms with E-state index in [1.807, 2.05) is 94.1 Å². The predicted octanol–water partition coefficient (Wildman–Crippen LogP) is 10.1. The Balaban J connectivity index is 1.27. The molecule has 2 heterocycles. The van der Waals surface area contributed by atoms with E-state index in [0.717, 1.165) is 76.3 Å². The standard InChI is InChI=1S/C44H26N2O2/c47-43-37-17-5-3-13-31(37)35-15-7-9-19-41(35)45(43)27-21-23-33-34-24-22-28(26-40(34)30-12-2-1-11-29(30)39(33)25-27)46-42-20-10-8-16-36(42)32-14-4-6-18-38(32)44(46)48/h1-26H. The molecule has 0 saturated carbocycles. The topological polar surface area (TPSA) is 44.0 Å². The number of fused-ring (bicyclic) bond motifs is 12. The summed E-state index contributed by atoms with van der Waals surface area (Å²) >= 11 is 0. The Labute approximate surface area is 273 Å². The van der Waals surface area contributed by atoms with Gasteiger partial charge in [-0.2, -0.15) is 0 Å². The molecule has 0 aliphatic carbocycles. The van der Waals surface area contributed by atoms with Gasteiger partial charge in [0.25, 0.3) is 11.1 Å². The molecule has 8 aromatic carbocycles. The molecule has 0 spiro atoms. The molecule has 0 fully saturated rings. The first-order valence-corrected chi connectivity index (χ1v) is 16.1. The summed E-state index contributed by atoms with van der Waals surface area (Å²) in [5.41, 5.74) is 3.33. The zero-order valence-corrected chi connectivity index (χ0v) is 25.7. The van der Waals surface area contributed by atoms with Gasteiger partial charge in [-0.05, 0) is 91.6 Å². The third-order valence-corrected chi connectivity index (χ3v) is 9.91. The molecule has 10 rings (SSSR count). The van der Waals surface area contributed by atoms with Gasteiger partial charge in [-0.25, -0.2) is 0 Å². The van der Waals surface area contributed by atoms with Crippen molar-refractivity contribution in [2.45, 2.75) is 0 Å². The molecule has 4 nitrogen and oxygen atoms in total. The minimum atomic E-state index is -0.0357. The van der Waals surface area contributed by atoms with E-state index in [4.69, 9.17) is 0 Å². The minimum absolute atomic E-state index is 0.0357. The van der Waals surface area contributed by atoms with Crippen LogP contribution in [0.5, 0.6) is 0 Å². The summed E-state index contributed by atoms with van der Waals surface area (Å²) in [7, 11) is 0. The van der Waals surface area contributed by atoms with Crippen LogP contribution in [-0.2, 0) is 0 Å². The highest BCUT2D eigenvalue weighted by molar-refractivity contribution is 6.26. The Morgan fingerprint density at radius 1 is 0.271 bits per heavy atom. The quantitative estimate of drug-likeness (QED) is 0.182. The van der Waals surface area contributed by atoms with Gasteiger partial charge in [0.2, 0.25) is 0 Å². The van der Waals surface area contributed by atoms with Crippen LogP contribution in [0.4, 0.5) is 0 Å². The lowest BCUT2D eigenvalue weighted by atomic mass is 9.93. The summed E-state index contributed by atoms with van der Waals surface area (Å²) in [5, 5.41) is 11.9. The maximum absolute atomic E-state index is 14.1. The summed E-state index contributed by atoms with van der Waals surface area (Å²) < 4.78 is 3.69. The van der Waals surface area contributed by atoms with Gasteiger partial charge in [0.1, 0.15) is 0 Å². The maximum Gasteiger partial charge on any atom is 0.263 e. The van der Waals surface area contributed by atoms with Gasteiger partial charge >= 0.3 is 0 Å². The number of rotatable bonds is 2. The SMILES string of the molecule is O=c1c2ccccc2c2ccccc2n1-c1ccc2c3ccc(-n4c(=O)c5ccccc5c5ccccc54)cc3c3ccccc3c2c1. The second-order valence-corrected chi connectivity index (χ2v) is 12.4. The minimum Gasteiger partial charge on any atom is -0.276 e. The lowest BCUT2D eigenvalue weighted by Gasteiger charge is -2.17. The molecule has 0 radical (unpaired) electrons. The lowest BCUT2D eigenvalue weighted by Crippen LogP contribution is -2.19. The molecule has 0 aliphatic heterocycles. The van der Waals surface area contributed by atoms with Crippen LogP contribution in [0.25, 0.3) is 87.0 Å². The van der Waals surface area contributed by atoms with Gasteiger partial charge in [-0.15, -0.1) is 0 Å². The van der Waals surface area contributed by atoms with Gasteiger partial charge in [-0.1, -0.05) is 109 Å². The highest BCUT2D eigenvalue weighted by Crippen LogP contribution is 2.38. The van der Waals surface area contributed by atoms with E-state index in [1.165, 1.54) is 0 Å². The fourth-order valence-electron chi connectivity index (χ4n) is 7.79. The summed E-state index contributed by atoms with van der Waals surface area (Å²) in [4.78, 5) is 28.1. The monoisotopic (exact) mass is 614 g/mol. The van der Waals surface area contributed by atoms with Crippen LogP contribution in [0.1, 0.15) is 0 Å². The van der Waals surface area contributed by atoms with E-state index < -0.39 is 0 Å². The zero-order valence-electron chi connectivity index (χ0n) is 25.7. The average molecular weight is 615 g/mol. The highest BCUT2D eigenvalue weighted by atomic mass is 16.1. The van der Waals surface area contributed by atoms with Crippen molar-refractivity contribution < 1.29 is 0 Å². The molecule has 0 aliphatic rings. The van der Waals surface area contributed by atoms with Crippen molar-refractivity contribution in [3.8, 4) is 11.4 Å². The number of para-hydroxylation sites is 2. The molecular weight excluding hydrogens is 588 g/mol. The van der Waals surface area contributed by atoms with Gasteiger partial charge in [0.05, 0.1) is 11.0 Å². The van der Waals surface area contributed by atoms with Crippen LogP contribution in [0, 0.1) is 0 Å². The van der Waals surface area contributed by atoms with Gasteiger partial charge in [0.15, 0.2) is 0 Å². The maximum atomic E-state index is 14.1. The van der Waals surface area contributed by atoms with Crippen LogP contribution in [0.2, 0.25) is 0 Å². The number of aromatic nitrogens is 2. The van der Waals surface area contributed by atoms with Crippen LogP contribution < -0.4 is 11.1 Å². The van der Waals surface area contributed by atoms with E-state index in [-0.39, 0.29) is 11.1 Å². The summed E-state index contributed by atoms with van der Waals surface area (Å²) in [6, 6.07) is 53.0. The largest absolute Gasteiger partial charge is 0.276 e. The summed E-state index contributed by atoms with van der Waals surface area (Å²) in [6.45, 7) is 0. The number of benzene rings is 8. The van der Waals surface area contributed by atoms with Crippen molar-refractivity contribution in [2.75, 3.05) is 0 Å². The predicted molar refractivity (Wildman–Crippen MR) is 200 cm³/mol. The smallest absolute Gasteiger partial charge is 0.263 e. The van der Waals surface area contributed by atoms with Crippen molar-refractivity contribution in [2.24, 2.45) is 0 Å². The molecular formula is C44H26N2O2. The lowest BCUT2D eigenvalue weighted by molar-refractivity contribution is 1.06. The normalized spacial score (nSPS) is 11.9. The Bertz CT molecular complexity index is 2880. The van der Waals surface area contributed by atoms with E-state index in [0.29, 0.717) is 10.8 Å². The first-order valence-electron chi connectivity index (χ1n) is 16.1. The van der Waals surface area contributed by atoms with E-state index in [9.17, 15) is 9.59 Å². The van der Waals surface area contributed by atoms with Crippen molar-refractivity contribution >= 4 is 75.7 Å². The molecule has 0 amide bonds. The third-order valence-electron chi connectivity index (χ3n) is 9.91. The summed E-state index contributed by atoms with van der Waals surface area (Å²) in [6.07, 6.45) is 0. The Morgan fingerprint density at radius 3 is 0.958 bits per heavy atom. The van der Waals surface area contributed by atoms with Crippen LogP contribution in [-0.4, -0.2) is 9.13 Å². The number of pyridine rings is 2. The fraction of sp³-hybridized carbons (Fsp3) is 0.